The molecule has 0 saturated heterocycles. The summed E-state index contributed by atoms with van der Waals surface area (Å²) in [4.78, 5) is 0. The maximum atomic E-state index is 9.74. The Morgan fingerprint density at radius 2 is 2.11 bits per heavy atom. The molecule has 1 aromatic carbocycles. The van der Waals surface area contributed by atoms with Crippen LogP contribution >= 0.6 is 0 Å². The molecule has 2 N–H and O–H groups in total. The predicted molar refractivity (Wildman–Crippen MR) is 77.2 cm³/mol. The van der Waals surface area contributed by atoms with Gasteiger partial charge in [0.05, 0.1) is 6.10 Å². The maximum Gasteiger partial charge on any atom is 0.119 e. The highest BCUT2D eigenvalue weighted by molar-refractivity contribution is 5.27. The second kappa shape index (κ2) is 7.31. The van der Waals surface area contributed by atoms with Crippen molar-refractivity contribution in [3.05, 3.63) is 42.5 Å². The van der Waals surface area contributed by atoms with Gasteiger partial charge in [0.25, 0.3) is 0 Å². The first-order valence-electron chi connectivity index (χ1n) is 7.01. The van der Waals surface area contributed by atoms with Crippen LogP contribution in [0.25, 0.3) is 0 Å². The molecule has 1 fully saturated rings. The van der Waals surface area contributed by atoms with Crippen LogP contribution in [0.3, 0.4) is 0 Å². The third-order valence-electron chi connectivity index (χ3n) is 3.65. The fourth-order valence-electron chi connectivity index (χ4n) is 2.52. The number of ether oxygens (including phenoxy) is 1. The van der Waals surface area contributed by atoms with Crippen LogP contribution in [0, 0.1) is 5.92 Å². The van der Waals surface area contributed by atoms with Gasteiger partial charge in [-0.1, -0.05) is 31.2 Å². The largest absolute Gasteiger partial charge is 0.490 e. The standard InChI is InChI=1S/C16H23NO2/c1-2-10-19-15-8-6-13(7-9-15)11-17-12-14-4-3-5-16(14)18/h2,6-9,14,16-18H,1,3-5,10-12H2. The van der Waals surface area contributed by atoms with Crippen molar-refractivity contribution in [1.82, 2.24) is 5.32 Å². The third-order valence-corrected chi connectivity index (χ3v) is 3.65. The van der Waals surface area contributed by atoms with Crippen LogP contribution in [-0.4, -0.2) is 24.4 Å². The number of hydrogen-bond donors (Lipinski definition) is 2. The van der Waals surface area contributed by atoms with Crippen LogP contribution < -0.4 is 10.1 Å². The lowest BCUT2D eigenvalue weighted by molar-refractivity contribution is 0.131. The number of benzene rings is 1. The second-order valence-electron chi connectivity index (χ2n) is 5.13. The van der Waals surface area contributed by atoms with Gasteiger partial charge < -0.3 is 15.2 Å². The van der Waals surface area contributed by atoms with Gasteiger partial charge in [0.2, 0.25) is 0 Å². The van der Waals surface area contributed by atoms with Crippen LogP contribution in [0.15, 0.2) is 36.9 Å². The van der Waals surface area contributed by atoms with Crippen molar-refractivity contribution in [2.75, 3.05) is 13.2 Å². The zero-order chi connectivity index (χ0) is 13.5. The van der Waals surface area contributed by atoms with Crippen molar-refractivity contribution in [1.29, 1.82) is 0 Å². The highest BCUT2D eigenvalue weighted by Gasteiger charge is 2.24. The normalized spacial score (nSPS) is 22.4. The molecule has 1 aromatic rings. The Morgan fingerprint density at radius 3 is 2.74 bits per heavy atom. The van der Waals surface area contributed by atoms with Gasteiger partial charge in [-0.3, -0.25) is 0 Å². The van der Waals surface area contributed by atoms with Crippen molar-refractivity contribution in [3.63, 3.8) is 0 Å². The third kappa shape index (κ3) is 4.37. The summed E-state index contributed by atoms with van der Waals surface area (Å²) in [5, 5.41) is 13.2. The van der Waals surface area contributed by atoms with E-state index in [4.69, 9.17) is 4.74 Å². The van der Waals surface area contributed by atoms with Crippen LogP contribution in [0.5, 0.6) is 5.75 Å². The van der Waals surface area contributed by atoms with E-state index in [-0.39, 0.29) is 6.10 Å². The average molecular weight is 261 g/mol. The Balaban J connectivity index is 1.72. The highest BCUT2D eigenvalue weighted by atomic mass is 16.5. The Bertz CT molecular complexity index is 388. The second-order valence-corrected chi connectivity index (χ2v) is 5.13. The number of nitrogens with one attached hydrogen (secondary N) is 1. The summed E-state index contributed by atoms with van der Waals surface area (Å²) < 4.78 is 5.44. The predicted octanol–water partition coefficient (Wildman–Crippen LogP) is 2.50. The molecule has 0 aromatic heterocycles. The molecule has 2 unspecified atom stereocenters. The van der Waals surface area contributed by atoms with E-state index in [0.29, 0.717) is 12.5 Å². The molecule has 19 heavy (non-hydrogen) atoms. The van der Waals surface area contributed by atoms with Gasteiger partial charge in [-0.05, 0) is 36.5 Å². The first-order valence-corrected chi connectivity index (χ1v) is 7.01. The summed E-state index contributed by atoms with van der Waals surface area (Å²) in [6.45, 7) is 5.90. The molecule has 1 aliphatic carbocycles. The summed E-state index contributed by atoms with van der Waals surface area (Å²) in [6, 6.07) is 8.09. The van der Waals surface area contributed by atoms with Gasteiger partial charge in [-0.15, -0.1) is 0 Å². The zero-order valence-electron chi connectivity index (χ0n) is 11.3. The minimum absolute atomic E-state index is 0.109. The molecule has 0 aliphatic heterocycles. The quantitative estimate of drug-likeness (QED) is 0.741. The van der Waals surface area contributed by atoms with E-state index in [1.165, 1.54) is 5.56 Å². The monoisotopic (exact) mass is 261 g/mol. The van der Waals surface area contributed by atoms with Crippen molar-refractivity contribution in [3.8, 4) is 5.75 Å². The van der Waals surface area contributed by atoms with Gasteiger partial charge in [-0.2, -0.15) is 0 Å². The zero-order valence-corrected chi connectivity index (χ0v) is 11.3. The molecule has 0 radical (unpaired) electrons. The molecular weight excluding hydrogens is 238 g/mol. The Morgan fingerprint density at radius 1 is 1.32 bits per heavy atom. The molecule has 2 atom stereocenters. The van der Waals surface area contributed by atoms with Crippen molar-refractivity contribution < 1.29 is 9.84 Å². The number of aliphatic hydroxyl groups excluding tert-OH is 1. The van der Waals surface area contributed by atoms with E-state index in [1.807, 2.05) is 12.1 Å². The lowest BCUT2D eigenvalue weighted by Gasteiger charge is -2.15. The number of rotatable bonds is 7. The molecule has 0 amide bonds. The minimum Gasteiger partial charge on any atom is -0.490 e. The maximum absolute atomic E-state index is 9.74. The molecule has 0 spiro atoms. The molecule has 3 nitrogen and oxygen atoms in total. The molecule has 0 bridgehead atoms. The molecule has 1 saturated carbocycles. The van der Waals surface area contributed by atoms with Gasteiger partial charge in [-0.25, -0.2) is 0 Å². The Kier molecular flexibility index (Phi) is 5.43. The van der Waals surface area contributed by atoms with Gasteiger partial charge in [0.15, 0.2) is 0 Å². The van der Waals surface area contributed by atoms with Crippen LogP contribution in [0.4, 0.5) is 0 Å². The molecule has 0 heterocycles. The van der Waals surface area contributed by atoms with E-state index < -0.39 is 0 Å². The Labute approximate surface area is 115 Å². The van der Waals surface area contributed by atoms with E-state index in [2.05, 4.69) is 24.0 Å². The summed E-state index contributed by atoms with van der Waals surface area (Å²) >= 11 is 0. The summed E-state index contributed by atoms with van der Waals surface area (Å²) in [5.74, 6) is 1.30. The molecule has 104 valence electrons. The van der Waals surface area contributed by atoms with E-state index in [0.717, 1.165) is 38.1 Å². The molecule has 2 rings (SSSR count). The van der Waals surface area contributed by atoms with Crippen LogP contribution in [0.1, 0.15) is 24.8 Å². The van der Waals surface area contributed by atoms with E-state index >= 15 is 0 Å². The molecular formula is C16H23NO2. The SMILES string of the molecule is C=CCOc1ccc(CNCC2CCCC2O)cc1. The van der Waals surface area contributed by atoms with Gasteiger partial charge in [0.1, 0.15) is 12.4 Å². The summed E-state index contributed by atoms with van der Waals surface area (Å²) in [5.41, 5.74) is 1.23. The number of hydrogen-bond acceptors (Lipinski definition) is 3. The van der Waals surface area contributed by atoms with Gasteiger partial charge in [0, 0.05) is 13.1 Å². The fourth-order valence-corrected chi connectivity index (χ4v) is 2.52. The van der Waals surface area contributed by atoms with Crippen LogP contribution in [0.2, 0.25) is 0 Å². The number of aliphatic hydroxyl groups is 1. The van der Waals surface area contributed by atoms with Crippen molar-refractivity contribution >= 4 is 0 Å². The lowest BCUT2D eigenvalue weighted by atomic mass is 10.1. The van der Waals surface area contributed by atoms with Crippen LogP contribution in [-0.2, 0) is 6.54 Å². The van der Waals surface area contributed by atoms with Crippen molar-refractivity contribution in [2.24, 2.45) is 5.92 Å². The molecule has 1 aliphatic rings. The first-order chi connectivity index (χ1) is 9.29. The highest BCUT2D eigenvalue weighted by Crippen LogP contribution is 2.24. The smallest absolute Gasteiger partial charge is 0.119 e. The Hall–Kier alpha value is -1.32. The fraction of sp³-hybridized carbons (Fsp3) is 0.500. The minimum atomic E-state index is -0.109. The molecule has 3 heteroatoms. The van der Waals surface area contributed by atoms with Crippen molar-refractivity contribution in [2.45, 2.75) is 31.9 Å². The van der Waals surface area contributed by atoms with E-state index in [9.17, 15) is 5.11 Å². The first kappa shape index (κ1) is 14.1. The van der Waals surface area contributed by atoms with E-state index in [1.54, 1.807) is 6.08 Å². The average Bonchev–Trinajstić information content (AvgIpc) is 2.84. The summed E-state index contributed by atoms with van der Waals surface area (Å²) in [7, 11) is 0. The lowest BCUT2D eigenvalue weighted by Crippen LogP contribution is -2.27. The summed E-state index contributed by atoms with van der Waals surface area (Å²) in [6.07, 6.45) is 4.89. The van der Waals surface area contributed by atoms with Gasteiger partial charge >= 0.3 is 0 Å². The topological polar surface area (TPSA) is 41.5 Å².